The lowest BCUT2D eigenvalue weighted by molar-refractivity contribution is -0.139. The Hall–Kier alpha value is -3.19. The summed E-state index contributed by atoms with van der Waals surface area (Å²) in [5, 5.41) is 17.9. The molecule has 7 heteroatoms. The van der Waals surface area contributed by atoms with Gasteiger partial charge in [0, 0.05) is 5.69 Å². The number of aryl methyl sites for hydroxylation is 1. The van der Waals surface area contributed by atoms with Gasteiger partial charge in [0.1, 0.15) is 12.1 Å². The largest absolute Gasteiger partial charge is 0.480 e. The Morgan fingerprint density at radius 3 is 2.00 bits per heavy atom. The van der Waals surface area contributed by atoms with Crippen LogP contribution in [-0.4, -0.2) is 41.0 Å². The van der Waals surface area contributed by atoms with E-state index >= 15 is 0 Å². The lowest BCUT2D eigenvalue weighted by atomic mass is 10.0. The third-order valence-electron chi connectivity index (χ3n) is 5.08. The van der Waals surface area contributed by atoms with Crippen molar-refractivity contribution in [2.24, 2.45) is 5.92 Å². The molecule has 0 radical (unpaired) electrons. The number of aliphatic carboxylic acids is 1. The topological polar surface area (TPSA) is 108 Å². The number of carbonyl (C=O) groups is 3. The second-order valence-electron chi connectivity index (χ2n) is 8.35. The summed E-state index contributed by atoms with van der Waals surface area (Å²) >= 11 is 0. The quantitative estimate of drug-likeness (QED) is 0.406. The van der Waals surface area contributed by atoms with Crippen LogP contribution in [0.4, 0.5) is 5.69 Å². The highest BCUT2D eigenvalue weighted by molar-refractivity contribution is 5.97. The first-order valence-corrected chi connectivity index (χ1v) is 10.9. The highest BCUT2D eigenvalue weighted by Crippen LogP contribution is 2.12. The summed E-state index contributed by atoms with van der Waals surface area (Å²) in [5.41, 5.74) is 1.70. The standard InChI is InChI=1S/C25H33N3O4/c1-17(2)16-22(24(30)27-20-12-8-5-9-13-20)28-23(29)21(26-18(3)25(31)32)15-14-19-10-6-4-7-11-19/h4-13,17-18,21-22,26H,14-16H2,1-3H3,(H,27,30)(H,28,29)(H,31,32). The molecule has 0 aliphatic heterocycles. The molecule has 3 unspecified atom stereocenters. The first kappa shape index (κ1) is 25.1. The Morgan fingerprint density at radius 2 is 1.44 bits per heavy atom. The average molecular weight is 440 g/mol. The summed E-state index contributed by atoms with van der Waals surface area (Å²) in [6.45, 7) is 5.46. The molecule has 172 valence electrons. The number of benzene rings is 2. The van der Waals surface area contributed by atoms with Crippen molar-refractivity contribution in [2.75, 3.05) is 5.32 Å². The number of carboxylic acid groups (broad SMARTS) is 1. The molecular formula is C25H33N3O4. The normalized spacial score (nSPS) is 13.8. The Balaban J connectivity index is 2.11. The van der Waals surface area contributed by atoms with E-state index in [4.69, 9.17) is 0 Å². The Bertz CT molecular complexity index is 871. The van der Waals surface area contributed by atoms with Crippen molar-refractivity contribution in [3.63, 3.8) is 0 Å². The van der Waals surface area contributed by atoms with Crippen LogP contribution < -0.4 is 16.0 Å². The second-order valence-corrected chi connectivity index (χ2v) is 8.35. The van der Waals surface area contributed by atoms with E-state index in [1.54, 1.807) is 12.1 Å². The maximum absolute atomic E-state index is 13.1. The fraction of sp³-hybridized carbons (Fsp3) is 0.400. The maximum atomic E-state index is 13.1. The van der Waals surface area contributed by atoms with Crippen molar-refractivity contribution in [1.29, 1.82) is 0 Å². The van der Waals surface area contributed by atoms with Gasteiger partial charge in [-0.05, 0) is 49.8 Å². The van der Waals surface area contributed by atoms with Crippen LogP contribution in [0.2, 0.25) is 0 Å². The molecular weight excluding hydrogens is 406 g/mol. The molecule has 2 rings (SSSR count). The van der Waals surface area contributed by atoms with Gasteiger partial charge in [-0.3, -0.25) is 19.7 Å². The van der Waals surface area contributed by atoms with Gasteiger partial charge in [-0.2, -0.15) is 0 Å². The number of hydrogen-bond acceptors (Lipinski definition) is 4. The molecule has 3 atom stereocenters. The summed E-state index contributed by atoms with van der Waals surface area (Å²) in [4.78, 5) is 37.4. The van der Waals surface area contributed by atoms with Gasteiger partial charge in [-0.25, -0.2) is 0 Å². The molecule has 2 amide bonds. The van der Waals surface area contributed by atoms with Crippen LogP contribution in [0.1, 0.15) is 39.2 Å². The van der Waals surface area contributed by atoms with E-state index in [-0.39, 0.29) is 17.7 Å². The molecule has 0 heterocycles. The number of nitrogens with one attached hydrogen (secondary N) is 3. The maximum Gasteiger partial charge on any atom is 0.320 e. The molecule has 0 aliphatic rings. The molecule has 2 aromatic rings. The van der Waals surface area contributed by atoms with Crippen molar-refractivity contribution in [2.45, 2.75) is 58.2 Å². The SMILES string of the molecule is CC(C)CC(NC(=O)C(CCc1ccccc1)NC(C)C(=O)O)C(=O)Nc1ccccc1. The van der Waals surface area contributed by atoms with E-state index in [2.05, 4.69) is 16.0 Å². The number of para-hydroxylation sites is 1. The summed E-state index contributed by atoms with van der Waals surface area (Å²) in [6, 6.07) is 16.4. The predicted octanol–water partition coefficient (Wildman–Crippen LogP) is 3.22. The van der Waals surface area contributed by atoms with Crippen LogP contribution in [0, 0.1) is 5.92 Å². The molecule has 4 N–H and O–H groups in total. The molecule has 0 spiro atoms. The van der Waals surface area contributed by atoms with Crippen LogP contribution in [0.3, 0.4) is 0 Å². The summed E-state index contributed by atoms with van der Waals surface area (Å²) in [6.07, 6.45) is 1.47. The lowest BCUT2D eigenvalue weighted by Crippen LogP contribution is -2.54. The van der Waals surface area contributed by atoms with Gasteiger partial charge in [0.15, 0.2) is 0 Å². The third kappa shape index (κ3) is 8.51. The predicted molar refractivity (Wildman–Crippen MR) is 125 cm³/mol. The first-order chi connectivity index (χ1) is 15.3. The van der Waals surface area contributed by atoms with Gasteiger partial charge in [-0.15, -0.1) is 0 Å². The van der Waals surface area contributed by atoms with Crippen LogP contribution in [0.5, 0.6) is 0 Å². The summed E-state index contributed by atoms with van der Waals surface area (Å²) < 4.78 is 0. The van der Waals surface area contributed by atoms with Gasteiger partial charge in [-0.1, -0.05) is 62.4 Å². The average Bonchev–Trinajstić information content (AvgIpc) is 2.76. The molecule has 0 fully saturated rings. The summed E-state index contributed by atoms with van der Waals surface area (Å²) in [5.74, 6) is -1.55. The fourth-order valence-electron chi connectivity index (χ4n) is 3.34. The fourth-order valence-corrected chi connectivity index (χ4v) is 3.34. The van der Waals surface area contributed by atoms with Crippen LogP contribution in [0.15, 0.2) is 60.7 Å². The van der Waals surface area contributed by atoms with E-state index in [0.717, 1.165) is 5.56 Å². The van der Waals surface area contributed by atoms with E-state index in [1.807, 2.05) is 62.4 Å². The van der Waals surface area contributed by atoms with E-state index in [9.17, 15) is 19.5 Å². The van der Waals surface area contributed by atoms with E-state index in [0.29, 0.717) is 24.9 Å². The van der Waals surface area contributed by atoms with Crippen LogP contribution >= 0.6 is 0 Å². The zero-order valence-corrected chi connectivity index (χ0v) is 18.9. The van der Waals surface area contributed by atoms with Crippen LogP contribution in [-0.2, 0) is 20.8 Å². The van der Waals surface area contributed by atoms with Crippen molar-refractivity contribution in [3.8, 4) is 0 Å². The van der Waals surface area contributed by atoms with Crippen molar-refractivity contribution in [1.82, 2.24) is 10.6 Å². The monoisotopic (exact) mass is 439 g/mol. The molecule has 32 heavy (non-hydrogen) atoms. The number of hydrogen-bond donors (Lipinski definition) is 4. The Morgan fingerprint density at radius 1 is 0.844 bits per heavy atom. The van der Waals surface area contributed by atoms with E-state index in [1.165, 1.54) is 6.92 Å². The highest BCUT2D eigenvalue weighted by Gasteiger charge is 2.28. The molecule has 0 aliphatic carbocycles. The number of carboxylic acids is 1. The number of carbonyl (C=O) groups excluding carboxylic acids is 2. The van der Waals surface area contributed by atoms with Crippen molar-refractivity contribution < 1.29 is 19.5 Å². The molecule has 0 saturated carbocycles. The van der Waals surface area contributed by atoms with Gasteiger partial charge < -0.3 is 15.7 Å². The molecule has 0 aromatic heterocycles. The minimum atomic E-state index is -1.04. The van der Waals surface area contributed by atoms with Gasteiger partial charge in [0.05, 0.1) is 6.04 Å². The Labute approximate surface area is 189 Å². The van der Waals surface area contributed by atoms with Crippen molar-refractivity contribution >= 4 is 23.5 Å². The number of anilines is 1. The highest BCUT2D eigenvalue weighted by atomic mass is 16.4. The number of amides is 2. The van der Waals surface area contributed by atoms with Gasteiger partial charge >= 0.3 is 5.97 Å². The number of rotatable bonds is 12. The summed E-state index contributed by atoms with van der Waals surface area (Å²) in [7, 11) is 0. The smallest absolute Gasteiger partial charge is 0.320 e. The first-order valence-electron chi connectivity index (χ1n) is 10.9. The minimum Gasteiger partial charge on any atom is -0.480 e. The lowest BCUT2D eigenvalue weighted by Gasteiger charge is -2.25. The minimum absolute atomic E-state index is 0.176. The van der Waals surface area contributed by atoms with Gasteiger partial charge in [0.2, 0.25) is 11.8 Å². The zero-order valence-electron chi connectivity index (χ0n) is 18.9. The van der Waals surface area contributed by atoms with Gasteiger partial charge in [0.25, 0.3) is 0 Å². The Kier molecular flexibility index (Phi) is 9.88. The second kappa shape index (κ2) is 12.6. The molecule has 2 aromatic carbocycles. The molecule has 0 saturated heterocycles. The zero-order chi connectivity index (χ0) is 23.5. The van der Waals surface area contributed by atoms with E-state index < -0.39 is 24.1 Å². The third-order valence-corrected chi connectivity index (χ3v) is 5.08. The van der Waals surface area contributed by atoms with Crippen molar-refractivity contribution in [3.05, 3.63) is 66.2 Å². The molecule has 0 bridgehead atoms. The molecule has 7 nitrogen and oxygen atoms in total. The van der Waals surface area contributed by atoms with Crippen LogP contribution in [0.25, 0.3) is 0 Å².